The van der Waals surface area contributed by atoms with Gasteiger partial charge in [-0.1, -0.05) is 25.5 Å². The molecule has 0 bridgehead atoms. The van der Waals surface area contributed by atoms with Gasteiger partial charge < -0.3 is 0 Å². The summed E-state index contributed by atoms with van der Waals surface area (Å²) in [7, 11) is -3.26. The van der Waals surface area contributed by atoms with Crippen molar-refractivity contribution in [1.29, 1.82) is 0 Å². The van der Waals surface area contributed by atoms with E-state index < -0.39 is 10.0 Å². The number of aromatic nitrogens is 3. The van der Waals surface area contributed by atoms with E-state index in [0.717, 1.165) is 48.2 Å². The second-order valence-corrected chi connectivity index (χ2v) is 9.10. The minimum absolute atomic E-state index is 0.216. The summed E-state index contributed by atoms with van der Waals surface area (Å²) in [5.74, 6) is 0.543. The van der Waals surface area contributed by atoms with Crippen molar-refractivity contribution in [3.05, 3.63) is 60.7 Å². The number of aryl methyl sites for hydroxylation is 1. The van der Waals surface area contributed by atoms with Gasteiger partial charge in [0.05, 0.1) is 17.6 Å². The lowest BCUT2D eigenvalue weighted by molar-refractivity contribution is 0.597. The van der Waals surface area contributed by atoms with Crippen LogP contribution in [-0.4, -0.2) is 28.9 Å². The van der Waals surface area contributed by atoms with Crippen LogP contribution in [0.3, 0.4) is 0 Å². The lowest BCUT2D eigenvalue weighted by atomic mass is 10.1. The fourth-order valence-electron chi connectivity index (χ4n) is 3.16. The summed E-state index contributed by atoms with van der Waals surface area (Å²) in [6.07, 6.45) is 9.62. The van der Waals surface area contributed by atoms with Crippen molar-refractivity contribution in [2.45, 2.75) is 32.6 Å². The Morgan fingerprint density at radius 1 is 1.14 bits per heavy atom. The number of pyridine rings is 1. The lowest BCUT2D eigenvalue weighted by Crippen LogP contribution is -2.17. The molecule has 1 aromatic carbocycles. The van der Waals surface area contributed by atoms with Gasteiger partial charge in [-0.3, -0.25) is 9.71 Å². The highest BCUT2D eigenvalue weighted by Crippen LogP contribution is 2.31. The molecule has 2 heterocycles. The first-order valence-electron chi connectivity index (χ1n) is 9.63. The van der Waals surface area contributed by atoms with E-state index in [9.17, 15) is 8.42 Å². The average Bonchev–Trinajstić information content (AvgIpc) is 3.33. The summed E-state index contributed by atoms with van der Waals surface area (Å²) in [5.41, 5.74) is 4.59. The van der Waals surface area contributed by atoms with E-state index in [2.05, 4.69) is 27.8 Å². The smallest absolute Gasteiger partial charge is 0.232 e. The van der Waals surface area contributed by atoms with Gasteiger partial charge in [-0.05, 0) is 55.0 Å². The Morgan fingerprint density at radius 2 is 1.93 bits per heavy atom. The summed E-state index contributed by atoms with van der Waals surface area (Å²) in [4.78, 5) is 4.38. The van der Waals surface area contributed by atoms with Crippen molar-refractivity contribution < 1.29 is 8.42 Å². The van der Waals surface area contributed by atoms with E-state index in [4.69, 9.17) is 0 Å². The van der Waals surface area contributed by atoms with Crippen molar-refractivity contribution in [3.8, 4) is 16.8 Å². The zero-order valence-electron chi connectivity index (χ0n) is 15.9. The van der Waals surface area contributed by atoms with E-state index in [1.54, 1.807) is 12.1 Å². The third-order valence-corrected chi connectivity index (χ3v) is 6.25. The zero-order chi connectivity index (χ0) is 19.6. The van der Waals surface area contributed by atoms with Crippen molar-refractivity contribution >= 4 is 15.7 Å². The molecule has 7 heteroatoms. The predicted octanol–water partition coefficient (Wildman–Crippen LogP) is 4.04. The lowest BCUT2D eigenvalue weighted by Gasteiger charge is -2.08. The van der Waals surface area contributed by atoms with Crippen LogP contribution in [0.4, 0.5) is 5.69 Å². The summed E-state index contributed by atoms with van der Waals surface area (Å²) in [5, 5.41) is 4.46. The van der Waals surface area contributed by atoms with Crippen LogP contribution in [0, 0.1) is 5.92 Å². The van der Waals surface area contributed by atoms with E-state index in [1.807, 2.05) is 41.5 Å². The number of sulfonamides is 1. The molecular weight excluding hydrogens is 372 g/mol. The Kier molecular flexibility index (Phi) is 5.17. The summed E-state index contributed by atoms with van der Waals surface area (Å²) in [6, 6.07) is 11.4. The molecule has 4 rings (SSSR count). The van der Waals surface area contributed by atoms with Gasteiger partial charge in [0.2, 0.25) is 10.0 Å². The molecule has 1 fully saturated rings. The molecule has 1 saturated carbocycles. The summed E-state index contributed by atoms with van der Waals surface area (Å²) >= 11 is 0. The van der Waals surface area contributed by atoms with Crippen molar-refractivity contribution in [1.82, 2.24) is 14.8 Å². The molecule has 0 saturated heterocycles. The molecule has 3 aromatic rings. The highest BCUT2D eigenvalue weighted by atomic mass is 32.2. The maximum atomic E-state index is 12.1. The molecule has 0 radical (unpaired) electrons. The molecule has 1 N–H and O–H groups in total. The van der Waals surface area contributed by atoms with Crippen LogP contribution in [0.5, 0.6) is 0 Å². The number of benzene rings is 1. The number of nitrogens with zero attached hydrogens (tertiary/aromatic N) is 3. The fourth-order valence-corrected chi connectivity index (χ4v) is 4.69. The molecule has 0 aliphatic heterocycles. The number of hydrogen-bond acceptors (Lipinski definition) is 4. The Labute approximate surface area is 165 Å². The van der Waals surface area contributed by atoms with Gasteiger partial charge in [0, 0.05) is 29.3 Å². The van der Waals surface area contributed by atoms with Crippen molar-refractivity contribution in [3.63, 3.8) is 0 Å². The van der Waals surface area contributed by atoms with Crippen LogP contribution < -0.4 is 4.72 Å². The molecule has 0 spiro atoms. The van der Waals surface area contributed by atoms with E-state index in [0.29, 0.717) is 11.6 Å². The van der Waals surface area contributed by atoms with E-state index in [1.165, 1.54) is 0 Å². The number of hydrogen-bond donors (Lipinski definition) is 1. The zero-order valence-corrected chi connectivity index (χ0v) is 16.7. The molecule has 0 unspecified atom stereocenters. The first kappa shape index (κ1) is 18.7. The number of anilines is 1. The van der Waals surface area contributed by atoms with Gasteiger partial charge in [0.25, 0.3) is 0 Å². The normalized spacial score (nSPS) is 14.2. The summed E-state index contributed by atoms with van der Waals surface area (Å²) < 4.78 is 28.7. The Balaban J connectivity index is 1.48. The predicted molar refractivity (Wildman–Crippen MR) is 111 cm³/mol. The Hall–Kier alpha value is -2.67. The van der Waals surface area contributed by atoms with Gasteiger partial charge in [-0.2, -0.15) is 5.10 Å². The first-order valence-corrected chi connectivity index (χ1v) is 11.3. The molecule has 2 aromatic heterocycles. The molecule has 1 aliphatic rings. The quantitative estimate of drug-likeness (QED) is 0.623. The molecule has 6 nitrogen and oxygen atoms in total. The van der Waals surface area contributed by atoms with E-state index in [-0.39, 0.29) is 5.75 Å². The molecule has 1 aliphatic carbocycles. The van der Waals surface area contributed by atoms with Crippen LogP contribution >= 0.6 is 0 Å². The van der Waals surface area contributed by atoms with Gasteiger partial charge in [-0.15, -0.1) is 0 Å². The Bertz CT molecular complexity index is 1050. The maximum Gasteiger partial charge on any atom is 0.232 e. The molecular formula is C21H24N4O2S. The highest BCUT2D eigenvalue weighted by Gasteiger charge is 2.27. The third-order valence-electron chi connectivity index (χ3n) is 4.80. The number of rotatable bonds is 8. The van der Waals surface area contributed by atoms with Crippen LogP contribution in [0.15, 0.2) is 55.0 Å². The monoisotopic (exact) mass is 396 g/mol. The second kappa shape index (κ2) is 7.75. The van der Waals surface area contributed by atoms with Crippen molar-refractivity contribution in [2.24, 2.45) is 5.92 Å². The molecule has 28 heavy (non-hydrogen) atoms. The Morgan fingerprint density at radius 3 is 2.64 bits per heavy atom. The van der Waals surface area contributed by atoms with Crippen molar-refractivity contribution in [2.75, 3.05) is 10.5 Å². The molecule has 0 amide bonds. The molecule has 146 valence electrons. The van der Waals surface area contributed by atoms with Gasteiger partial charge in [0.15, 0.2) is 0 Å². The fraction of sp³-hybridized carbons (Fsp3) is 0.333. The van der Waals surface area contributed by atoms with Crippen LogP contribution in [0.25, 0.3) is 16.8 Å². The summed E-state index contributed by atoms with van der Waals surface area (Å²) in [6.45, 7) is 2.13. The van der Waals surface area contributed by atoms with Crippen LogP contribution in [0.1, 0.15) is 31.9 Å². The largest absolute Gasteiger partial charge is 0.284 e. The van der Waals surface area contributed by atoms with Gasteiger partial charge >= 0.3 is 0 Å². The van der Waals surface area contributed by atoms with E-state index >= 15 is 0 Å². The standard InChI is InChI=1S/C21H24N4O2S/c1-2-3-20-12-21(10-11-22-20)25-14-18(13-23-25)17-6-8-19(9-7-17)24-28(26,27)15-16-4-5-16/h6-14,16,24H,2-5,15H2,1H3. The van der Waals surface area contributed by atoms with Crippen LogP contribution in [-0.2, 0) is 16.4 Å². The van der Waals surface area contributed by atoms with Gasteiger partial charge in [0.1, 0.15) is 0 Å². The first-order chi connectivity index (χ1) is 13.5. The second-order valence-electron chi connectivity index (χ2n) is 7.33. The average molecular weight is 397 g/mol. The highest BCUT2D eigenvalue weighted by molar-refractivity contribution is 7.92. The maximum absolute atomic E-state index is 12.1. The molecule has 0 atom stereocenters. The SMILES string of the molecule is CCCc1cc(-n2cc(-c3ccc(NS(=O)(=O)CC4CC4)cc3)cn2)ccn1. The minimum Gasteiger partial charge on any atom is -0.284 e. The third kappa shape index (κ3) is 4.59. The minimum atomic E-state index is -3.26. The van der Waals surface area contributed by atoms with Gasteiger partial charge in [-0.25, -0.2) is 13.1 Å². The topological polar surface area (TPSA) is 76.9 Å². The number of nitrogens with one attached hydrogen (secondary N) is 1. The van der Waals surface area contributed by atoms with Crippen LogP contribution in [0.2, 0.25) is 0 Å².